The molecule has 2 aromatic heterocycles. The lowest BCUT2D eigenvalue weighted by Gasteiger charge is -2.19. The summed E-state index contributed by atoms with van der Waals surface area (Å²) in [5, 5.41) is 0. The van der Waals surface area contributed by atoms with Crippen LogP contribution in [-0.4, -0.2) is 15.0 Å². The molecular formula is C15H20N2O2S. The zero-order chi connectivity index (χ0) is 14.3. The predicted octanol–water partition coefficient (Wildman–Crippen LogP) is 2.95. The normalized spacial score (nSPS) is 15.6. The summed E-state index contributed by atoms with van der Waals surface area (Å²) < 4.78 is 7.51. The molecule has 0 radical (unpaired) electrons. The van der Waals surface area contributed by atoms with Gasteiger partial charge in [0, 0.05) is 16.6 Å². The van der Waals surface area contributed by atoms with Crippen molar-refractivity contribution in [2.45, 2.75) is 58.7 Å². The van der Waals surface area contributed by atoms with Crippen LogP contribution in [0.4, 0.5) is 0 Å². The van der Waals surface area contributed by atoms with E-state index in [0.29, 0.717) is 6.61 Å². The van der Waals surface area contributed by atoms with E-state index in [2.05, 4.69) is 4.98 Å². The first-order valence-corrected chi connectivity index (χ1v) is 7.93. The van der Waals surface area contributed by atoms with Crippen LogP contribution in [0, 0.1) is 0 Å². The van der Waals surface area contributed by atoms with E-state index in [1.807, 2.05) is 20.8 Å². The number of fused-ring (bicyclic) bond motifs is 3. The summed E-state index contributed by atoms with van der Waals surface area (Å²) in [6.07, 6.45) is 4.46. The molecule has 0 saturated heterocycles. The van der Waals surface area contributed by atoms with Gasteiger partial charge in [0.15, 0.2) is 4.96 Å². The minimum Gasteiger partial charge on any atom is -0.370 e. The first-order valence-electron chi connectivity index (χ1n) is 7.11. The number of hydrogen-bond donors (Lipinski definition) is 0. The summed E-state index contributed by atoms with van der Waals surface area (Å²) in [5.41, 5.74) is 1.71. The maximum Gasteiger partial charge on any atom is 0.259 e. The predicted molar refractivity (Wildman–Crippen MR) is 80.5 cm³/mol. The lowest BCUT2D eigenvalue weighted by molar-refractivity contribution is -0.0164. The largest absolute Gasteiger partial charge is 0.370 e. The molecular weight excluding hydrogens is 272 g/mol. The Balaban J connectivity index is 2.00. The number of rotatable bonds is 2. The maximum absolute atomic E-state index is 12.3. The summed E-state index contributed by atoms with van der Waals surface area (Å²) in [6, 6.07) is 1.61. The van der Waals surface area contributed by atoms with Crippen LogP contribution in [0.5, 0.6) is 0 Å². The van der Waals surface area contributed by atoms with Gasteiger partial charge in [-0.25, -0.2) is 4.98 Å². The summed E-state index contributed by atoms with van der Waals surface area (Å²) in [4.78, 5) is 19.1. The number of aryl methyl sites for hydroxylation is 2. The number of ether oxygens (including phenoxy) is 1. The van der Waals surface area contributed by atoms with E-state index in [-0.39, 0.29) is 11.2 Å². The molecule has 0 aliphatic heterocycles. The lowest BCUT2D eigenvalue weighted by Crippen LogP contribution is -2.21. The summed E-state index contributed by atoms with van der Waals surface area (Å²) in [7, 11) is 0. The molecule has 5 heteroatoms. The fraction of sp³-hybridized carbons (Fsp3) is 0.600. The summed E-state index contributed by atoms with van der Waals surface area (Å²) >= 11 is 1.66. The van der Waals surface area contributed by atoms with E-state index in [0.717, 1.165) is 23.5 Å². The average Bonchev–Trinajstić information content (AvgIpc) is 2.74. The second kappa shape index (κ2) is 4.97. The third-order valence-electron chi connectivity index (χ3n) is 3.47. The van der Waals surface area contributed by atoms with Gasteiger partial charge in [-0.05, 0) is 46.5 Å². The van der Waals surface area contributed by atoms with Gasteiger partial charge in [0.1, 0.15) is 0 Å². The van der Waals surface area contributed by atoms with Gasteiger partial charge in [-0.1, -0.05) is 0 Å². The van der Waals surface area contributed by atoms with E-state index in [1.165, 1.54) is 23.4 Å². The molecule has 0 atom stereocenters. The molecule has 20 heavy (non-hydrogen) atoms. The van der Waals surface area contributed by atoms with Gasteiger partial charge in [0.25, 0.3) is 5.56 Å². The Bertz CT molecular complexity index is 694. The molecule has 2 aromatic rings. The van der Waals surface area contributed by atoms with Crippen molar-refractivity contribution in [2.24, 2.45) is 0 Å². The monoisotopic (exact) mass is 292 g/mol. The quantitative estimate of drug-likeness (QED) is 0.854. The molecule has 0 unspecified atom stereocenters. The van der Waals surface area contributed by atoms with Gasteiger partial charge in [-0.15, -0.1) is 11.3 Å². The summed E-state index contributed by atoms with van der Waals surface area (Å²) in [6.45, 7) is 6.39. The molecule has 0 spiro atoms. The molecule has 1 aliphatic rings. The molecule has 0 N–H and O–H groups in total. The number of hydrogen-bond acceptors (Lipinski definition) is 4. The van der Waals surface area contributed by atoms with Crippen LogP contribution in [0.2, 0.25) is 0 Å². The number of aromatic nitrogens is 2. The van der Waals surface area contributed by atoms with E-state index >= 15 is 0 Å². The van der Waals surface area contributed by atoms with Crippen LogP contribution in [0.3, 0.4) is 0 Å². The highest BCUT2D eigenvalue weighted by Gasteiger charge is 2.19. The second-order valence-corrected chi connectivity index (χ2v) is 7.35. The van der Waals surface area contributed by atoms with Crippen molar-refractivity contribution < 1.29 is 4.74 Å². The van der Waals surface area contributed by atoms with Crippen LogP contribution in [0.15, 0.2) is 10.9 Å². The Morgan fingerprint density at radius 3 is 2.85 bits per heavy atom. The molecule has 0 fully saturated rings. The van der Waals surface area contributed by atoms with Crippen LogP contribution < -0.4 is 5.56 Å². The van der Waals surface area contributed by atoms with Crippen molar-refractivity contribution in [1.82, 2.24) is 9.38 Å². The molecule has 2 heterocycles. The van der Waals surface area contributed by atoms with E-state index in [1.54, 1.807) is 21.8 Å². The maximum atomic E-state index is 12.3. The van der Waals surface area contributed by atoms with Gasteiger partial charge in [0.05, 0.1) is 17.9 Å². The first-order chi connectivity index (χ1) is 9.44. The van der Waals surface area contributed by atoms with Gasteiger partial charge >= 0.3 is 0 Å². The topological polar surface area (TPSA) is 43.6 Å². The van der Waals surface area contributed by atoms with Crippen LogP contribution in [0.1, 0.15) is 49.9 Å². The van der Waals surface area contributed by atoms with E-state index in [9.17, 15) is 4.79 Å². The zero-order valence-electron chi connectivity index (χ0n) is 12.2. The van der Waals surface area contributed by atoms with Crippen LogP contribution >= 0.6 is 11.3 Å². The van der Waals surface area contributed by atoms with Crippen molar-refractivity contribution in [2.75, 3.05) is 0 Å². The molecule has 1 aliphatic carbocycles. The van der Waals surface area contributed by atoms with Crippen molar-refractivity contribution in [3.63, 3.8) is 0 Å². The molecule has 3 rings (SSSR count). The fourth-order valence-corrected chi connectivity index (χ4v) is 3.74. The van der Waals surface area contributed by atoms with Crippen molar-refractivity contribution in [3.8, 4) is 0 Å². The SMILES string of the molecule is CC(C)(C)OCc1cc(=O)n2c3c(sc2n1)CCCC3. The minimum absolute atomic E-state index is 0.0295. The third kappa shape index (κ3) is 2.65. The van der Waals surface area contributed by atoms with Gasteiger partial charge in [0.2, 0.25) is 0 Å². The Labute approximate surface area is 122 Å². The Morgan fingerprint density at radius 2 is 2.10 bits per heavy atom. The van der Waals surface area contributed by atoms with Crippen LogP contribution in [-0.2, 0) is 24.2 Å². The number of nitrogens with zero attached hydrogens (tertiary/aromatic N) is 2. The Hall–Kier alpha value is -1.20. The highest BCUT2D eigenvalue weighted by Crippen LogP contribution is 2.28. The molecule has 0 bridgehead atoms. The van der Waals surface area contributed by atoms with E-state index < -0.39 is 0 Å². The molecule has 0 amide bonds. The van der Waals surface area contributed by atoms with Gasteiger partial charge in [-0.2, -0.15) is 0 Å². The molecule has 0 aromatic carbocycles. The Kier molecular flexibility index (Phi) is 3.42. The average molecular weight is 292 g/mol. The number of thiazole rings is 1. The lowest BCUT2D eigenvalue weighted by atomic mass is 10.0. The van der Waals surface area contributed by atoms with Crippen molar-refractivity contribution in [3.05, 3.63) is 32.7 Å². The van der Waals surface area contributed by atoms with Gasteiger partial charge < -0.3 is 4.74 Å². The molecule has 0 saturated carbocycles. The summed E-state index contributed by atoms with van der Waals surface area (Å²) in [5.74, 6) is 0. The zero-order valence-corrected chi connectivity index (χ0v) is 13.0. The highest BCUT2D eigenvalue weighted by molar-refractivity contribution is 7.17. The van der Waals surface area contributed by atoms with Gasteiger partial charge in [-0.3, -0.25) is 9.20 Å². The third-order valence-corrected chi connectivity index (χ3v) is 4.61. The minimum atomic E-state index is -0.221. The second-order valence-electron chi connectivity index (χ2n) is 6.28. The molecule has 4 nitrogen and oxygen atoms in total. The van der Waals surface area contributed by atoms with Crippen molar-refractivity contribution >= 4 is 16.3 Å². The van der Waals surface area contributed by atoms with E-state index in [4.69, 9.17) is 4.74 Å². The molecule has 108 valence electrons. The van der Waals surface area contributed by atoms with Crippen LogP contribution in [0.25, 0.3) is 4.96 Å². The Morgan fingerprint density at radius 1 is 1.35 bits per heavy atom. The fourth-order valence-electron chi connectivity index (χ4n) is 2.51. The van der Waals surface area contributed by atoms with Crippen molar-refractivity contribution in [1.29, 1.82) is 0 Å². The first kappa shape index (κ1) is 13.8. The highest BCUT2D eigenvalue weighted by atomic mass is 32.1. The smallest absolute Gasteiger partial charge is 0.259 e. The standard InChI is InChI=1S/C15H20N2O2S/c1-15(2,3)19-9-10-8-13(18)17-11-6-4-5-7-12(11)20-14(17)16-10/h8H,4-7,9H2,1-3H3.